The summed E-state index contributed by atoms with van der Waals surface area (Å²) in [4.78, 5) is 18.6. The summed E-state index contributed by atoms with van der Waals surface area (Å²) in [6.45, 7) is 0.968. The average Bonchev–Trinajstić information content (AvgIpc) is 3.36. The van der Waals surface area contributed by atoms with Crippen LogP contribution in [0.5, 0.6) is 0 Å². The van der Waals surface area contributed by atoms with Gasteiger partial charge in [-0.05, 0) is 60.0 Å². The third kappa shape index (κ3) is 5.56. The van der Waals surface area contributed by atoms with Crippen molar-refractivity contribution >= 4 is 35.3 Å². The Morgan fingerprint density at radius 2 is 1.20 bits per heavy atom. The molecule has 2 atom stereocenters. The van der Waals surface area contributed by atoms with E-state index in [2.05, 4.69) is 76.4 Å². The lowest BCUT2D eigenvalue weighted by atomic mass is 9.78. The molecule has 1 aliphatic heterocycles. The quantitative estimate of drug-likeness (QED) is 0.126. The molecule has 1 aliphatic rings. The second kappa shape index (κ2) is 13.2. The number of carboxylic acid groups (broad SMARTS) is 1. The first-order valence-corrected chi connectivity index (χ1v) is 17.1. The fraction of sp³-hybridized carbons (Fsp3) is 0.158. The molecule has 5 aromatic carbocycles. The predicted octanol–water partition coefficient (Wildman–Crippen LogP) is 8.33. The molecular formula is C38H35N2O2S2+. The van der Waals surface area contributed by atoms with Crippen molar-refractivity contribution in [2.75, 3.05) is 12.5 Å². The molecule has 220 valence electrons. The van der Waals surface area contributed by atoms with Crippen LogP contribution in [0.15, 0.2) is 149 Å². The molecule has 44 heavy (non-hydrogen) atoms. The van der Waals surface area contributed by atoms with Gasteiger partial charge in [-0.2, -0.15) is 0 Å². The predicted molar refractivity (Wildman–Crippen MR) is 181 cm³/mol. The summed E-state index contributed by atoms with van der Waals surface area (Å²) in [5.41, 5.74) is 3.42. The first-order chi connectivity index (χ1) is 21.6. The van der Waals surface area contributed by atoms with E-state index in [1.54, 1.807) is 23.5 Å². The van der Waals surface area contributed by atoms with Crippen LogP contribution in [0.4, 0.5) is 0 Å². The highest BCUT2D eigenvalue weighted by Crippen LogP contribution is 2.50. The summed E-state index contributed by atoms with van der Waals surface area (Å²) < 4.78 is 2.32. The van der Waals surface area contributed by atoms with Crippen LogP contribution in [-0.2, 0) is 23.4 Å². The number of carbonyl (C=O) groups is 1. The van der Waals surface area contributed by atoms with Gasteiger partial charge in [-0.1, -0.05) is 103 Å². The molecule has 0 saturated carbocycles. The maximum absolute atomic E-state index is 14.3. The molecule has 0 saturated heterocycles. The molecule has 6 heteroatoms. The van der Waals surface area contributed by atoms with Gasteiger partial charge < -0.3 is 5.11 Å². The Bertz CT molecular complexity index is 1740. The van der Waals surface area contributed by atoms with E-state index >= 15 is 0 Å². The Hall–Kier alpha value is -4.26. The Morgan fingerprint density at radius 1 is 0.705 bits per heavy atom. The molecule has 4 nitrogen and oxygen atoms in total. The van der Waals surface area contributed by atoms with Crippen molar-refractivity contribution in [3.05, 3.63) is 167 Å². The smallest absolute Gasteiger partial charge is 0.362 e. The van der Waals surface area contributed by atoms with Crippen molar-refractivity contribution in [1.29, 1.82) is 0 Å². The second-order valence-corrected chi connectivity index (χ2v) is 12.6. The summed E-state index contributed by atoms with van der Waals surface area (Å²) in [6, 6.07) is 46.8. The van der Waals surface area contributed by atoms with Gasteiger partial charge in [0.05, 0.1) is 5.56 Å². The summed E-state index contributed by atoms with van der Waals surface area (Å²) in [5, 5.41) is 11.7. The van der Waals surface area contributed by atoms with Crippen LogP contribution in [0.1, 0.15) is 33.9 Å². The third-order valence-corrected chi connectivity index (χ3v) is 9.85. The number of aliphatic carboxylic acids is 1. The third-order valence-electron chi connectivity index (χ3n) is 8.36. The van der Waals surface area contributed by atoms with Crippen molar-refractivity contribution in [1.82, 2.24) is 4.90 Å². The van der Waals surface area contributed by atoms with Crippen LogP contribution in [0.25, 0.3) is 0 Å². The maximum atomic E-state index is 14.3. The number of hydrogen-bond acceptors (Lipinski definition) is 4. The minimum absolute atomic E-state index is 0.423. The lowest BCUT2D eigenvalue weighted by molar-refractivity contribution is -0.586. The number of thioether (sulfide) groups is 2. The number of benzene rings is 5. The highest BCUT2D eigenvalue weighted by Gasteiger charge is 2.67. The van der Waals surface area contributed by atoms with Gasteiger partial charge in [-0.3, -0.25) is 0 Å². The molecule has 0 aromatic heterocycles. The SMILES string of the molecule is CSc1ccc(C2[N+](Cc3ccccc3)=C(c3ccccc3)N(Cc3ccccc3)C2(C(=O)O)c2ccc(SC)cc2)cc1. The van der Waals surface area contributed by atoms with Gasteiger partial charge in [-0.25, -0.2) is 14.3 Å². The Kier molecular flexibility index (Phi) is 8.91. The molecule has 0 aliphatic carbocycles. The standard InChI is InChI=1S/C38H34N2O2S2/c1-43-33-22-18-30(19-23-33)35-38(37(41)42,32-20-24-34(44-2)25-21-32)40(27-29-14-8-4-9-15-29)36(31-16-10-5-11-17-31)39(35)26-28-12-6-3-7-13-28/h3-25,35H,26-27H2,1-2H3/p+1. The van der Waals surface area contributed by atoms with E-state index in [0.717, 1.165) is 43.4 Å². The molecule has 0 bridgehead atoms. The minimum atomic E-state index is -1.44. The lowest BCUT2D eigenvalue weighted by Crippen LogP contribution is -2.53. The molecule has 0 amide bonds. The molecule has 1 N–H and O–H groups in total. The first-order valence-electron chi connectivity index (χ1n) is 14.6. The summed E-state index contributed by atoms with van der Waals surface area (Å²) >= 11 is 3.33. The van der Waals surface area contributed by atoms with Gasteiger partial charge in [0.2, 0.25) is 0 Å². The Labute approximate surface area is 268 Å². The molecule has 1 heterocycles. The normalized spacial score (nSPS) is 18.0. The van der Waals surface area contributed by atoms with Crippen LogP contribution < -0.4 is 0 Å². The topological polar surface area (TPSA) is 43.5 Å². The summed E-state index contributed by atoms with van der Waals surface area (Å²) in [5.74, 6) is 0.0156. The van der Waals surface area contributed by atoms with Crippen LogP contribution in [-0.4, -0.2) is 38.9 Å². The van der Waals surface area contributed by atoms with Crippen LogP contribution in [0.2, 0.25) is 0 Å². The highest BCUT2D eigenvalue weighted by atomic mass is 32.2. The monoisotopic (exact) mass is 615 g/mol. The van der Waals surface area contributed by atoms with E-state index in [0.29, 0.717) is 13.1 Å². The van der Waals surface area contributed by atoms with Crippen molar-refractivity contribution in [3.63, 3.8) is 0 Å². The zero-order chi connectivity index (χ0) is 30.5. The van der Waals surface area contributed by atoms with Crippen LogP contribution in [0.3, 0.4) is 0 Å². The summed E-state index contributed by atoms with van der Waals surface area (Å²) in [6.07, 6.45) is 4.10. The lowest BCUT2D eigenvalue weighted by Gasteiger charge is -2.35. The zero-order valence-corrected chi connectivity index (χ0v) is 26.5. The van der Waals surface area contributed by atoms with E-state index in [4.69, 9.17) is 0 Å². The highest BCUT2D eigenvalue weighted by molar-refractivity contribution is 7.98. The van der Waals surface area contributed by atoms with E-state index in [1.165, 1.54) is 0 Å². The molecular weight excluding hydrogens is 581 g/mol. The van der Waals surface area contributed by atoms with Crippen molar-refractivity contribution in [2.45, 2.75) is 34.5 Å². The zero-order valence-electron chi connectivity index (χ0n) is 24.8. The van der Waals surface area contributed by atoms with Gasteiger partial charge in [0, 0.05) is 20.9 Å². The molecule has 0 fully saturated rings. The van der Waals surface area contributed by atoms with Crippen LogP contribution in [0, 0.1) is 0 Å². The van der Waals surface area contributed by atoms with Gasteiger partial charge in [0.1, 0.15) is 13.1 Å². The number of hydrogen-bond donors (Lipinski definition) is 1. The van der Waals surface area contributed by atoms with Crippen LogP contribution >= 0.6 is 23.5 Å². The molecule has 6 rings (SSSR count). The summed E-state index contributed by atoms with van der Waals surface area (Å²) in [7, 11) is 0. The Morgan fingerprint density at radius 3 is 1.73 bits per heavy atom. The fourth-order valence-corrected chi connectivity index (χ4v) is 7.18. The average molecular weight is 616 g/mol. The van der Waals surface area contributed by atoms with Crippen molar-refractivity contribution in [3.8, 4) is 0 Å². The Balaban J connectivity index is 1.71. The number of rotatable bonds is 10. The first kappa shape index (κ1) is 29.8. The number of nitrogens with zero attached hydrogens (tertiary/aromatic N) is 2. The van der Waals surface area contributed by atoms with E-state index in [-0.39, 0.29) is 0 Å². The minimum Gasteiger partial charge on any atom is -0.477 e. The van der Waals surface area contributed by atoms with E-state index in [9.17, 15) is 9.90 Å². The van der Waals surface area contributed by atoms with Gasteiger partial charge >= 0.3 is 5.97 Å². The maximum Gasteiger partial charge on any atom is 0.362 e. The van der Waals surface area contributed by atoms with E-state index < -0.39 is 17.6 Å². The van der Waals surface area contributed by atoms with Crippen molar-refractivity contribution in [2.24, 2.45) is 0 Å². The molecule has 5 aromatic rings. The molecule has 0 radical (unpaired) electrons. The molecule has 2 unspecified atom stereocenters. The van der Waals surface area contributed by atoms with Gasteiger partial charge in [0.25, 0.3) is 11.4 Å². The number of carboxylic acids is 1. The fourth-order valence-electron chi connectivity index (χ4n) is 6.36. The second-order valence-electron chi connectivity index (χ2n) is 10.9. The number of amidine groups is 1. The van der Waals surface area contributed by atoms with Gasteiger partial charge in [-0.15, -0.1) is 23.5 Å². The van der Waals surface area contributed by atoms with Gasteiger partial charge in [0.15, 0.2) is 6.04 Å². The molecule has 0 spiro atoms. The van der Waals surface area contributed by atoms with Crippen molar-refractivity contribution < 1.29 is 14.5 Å². The van der Waals surface area contributed by atoms with E-state index in [1.807, 2.05) is 85.1 Å². The largest absolute Gasteiger partial charge is 0.477 e.